The maximum Gasteiger partial charge on any atom is 0.187 e. The van der Waals surface area contributed by atoms with Gasteiger partial charge in [-0.2, -0.15) is 0 Å². The molecule has 5 nitrogen and oxygen atoms in total. The van der Waals surface area contributed by atoms with E-state index in [0.717, 1.165) is 16.7 Å². The quantitative estimate of drug-likeness (QED) is 0.920. The topological polar surface area (TPSA) is 56.3 Å². The molecule has 0 saturated carbocycles. The Morgan fingerprint density at radius 1 is 1.05 bits per heavy atom. The molecule has 1 aromatic heterocycles. The zero-order valence-electron chi connectivity index (χ0n) is 11.9. The Hall–Kier alpha value is -2.04. The highest BCUT2D eigenvalue weighted by molar-refractivity contribution is 5.94. The maximum absolute atomic E-state index is 5.39. The van der Waals surface area contributed by atoms with E-state index in [4.69, 9.17) is 9.47 Å². The zero-order valence-corrected chi connectivity index (χ0v) is 11.9. The lowest BCUT2D eigenvalue weighted by atomic mass is 10.1. The van der Waals surface area contributed by atoms with E-state index in [9.17, 15) is 0 Å². The second-order valence-electron chi connectivity index (χ2n) is 5.29. The summed E-state index contributed by atoms with van der Waals surface area (Å²) in [6, 6.07) is 3.79. The molecule has 0 fully saturated rings. The summed E-state index contributed by atoms with van der Waals surface area (Å²) in [4.78, 5) is 8.60. The Bertz CT molecular complexity index is 591. The molecule has 2 aromatic rings. The summed E-state index contributed by atoms with van der Waals surface area (Å²) in [5.41, 5.74) is 0.664. The molecule has 5 heteroatoms. The number of nitrogens with one attached hydrogen (secondary N) is 1. The molecule has 0 amide bonds. The Morgan fingerprint density at radius 2 is 1.79 bits per heavy atom. The van der Waals surface area contributed by atoms with Crippen LogP contribution in [0.15, 0.2) is 18.5 Å². The fraction of sp³-hybridized carbons (Fsp3) is 0.429. The van der Waals surface area contributed by atoms with Crippen molar-refractivity contribution in [3.63, 3.8) is 0 Å². The van der Waals surface area contributed by atoms with Gasteiger partial charge < -0.3 is 14.8 Å². The first-order valence-electron chi connectivity index (χ1n) is 6.10. The number of anilines is 1. The number of rotatable bonds is 3. The fourth-order valence-corrected chi connectivity index (χ4v) is 1.90. The molecule has 0 saturated heterocycles. The summed E-state index contributed by atoms with van der Waals surface area (Å²) in [5.74, 6) is 2.08. The molecule has 0 aliphatic rings. The maximum atomic E-state index is 5.39. The normalized spacial score (nSPS) is 11.4. The van der Waals surface area contributed by atoms with Gasteiger partial charge in [-0.1, -0.05) is 0 Å². The van der Waals surface area contributed by atoms with Gasteiger partial charge in [0.05, 0.1) is 14.2 Å². The number of methoxy groups -OCH3 is 2. The van der Waals surface area contributed by atoms with Crippen LogP contribution in [0.25, 0.3) is 10.9 Å². The van der Waals surface area contributed by atoms with Gasteiger partial charge in [0, 0.05) is 10.9 Å². The molecule has 19 heavy (non-hydrogen) atoms. The highest BCUT2D eigenvalue weighted by Gasteiger charge is 2.16. The van der Waals surface area contributed by atoms with Gasteiger partial charge in [-0.3, -0.25) is 0 Å². The van der Waals surface area contributed by atoms with Gasteiger partial charge >= 0.3 is 0 Å². The smallest absolute Gasteiger partial charge is 0.187 e. The van der Waals surface area contributed by atoms with Crippen LogP contribution in [0.1, 0.15) is 20.8 Å². The minimum atomic E-state index is -0.0750. The molecule has 0 aliphatic carbocycles. The van der Waals surface area contributed by atoms with Crippen molar-refractivity contribution in [2.45, 2.75) is 26.3 Å². The third-order valence-corrected chi connectivity index (χ3v) is 2.64. The molecule has 0 bridgehead atoms. The van der Waals surface area contributed by atoms with Crippen molar-refractivity contribution in [3.05, 3.63) is 18.5 Å². The van der Waals surface area contributed by atoms with E-state index in [0.29, 0.717) is 11.5 Å². The Kier molecular flexibility index (Phi) is 3.46. The lowest BCUT2D eigenvalue weighted by Crippen LogP contribution is -2.26. The third kappa shape index (κ3) is 2.70. The number of hydrogen-bond acceptors (Lipinski definition) is 5. The molecule has 0 aliphatic heterocycles. The highest BCUT2D eigenvalue weighted by atomic mass is 16.5. The lowest BCUT2D eigenvalue weighted by molar-refractivity contribution is 0.358. The number of benzene rings is 1. The predicted molar refractivity (Wildman–Crippen MR) is 76.0 cm³/mol. The van der Waals surface area contributed by atoms with Crippen LogP contribution in [-0.2, 0) is 0 Å². The molecule has 1 heterocycles. The number of fused-ring (bicyclic) bond motifs is 1. The molecular weight excluding hydrogens is 242 g/mol. The molecular formula is C14H19N3O2. The molecule has 1 N–H and O–H groups in total. The van der Waals surface area contributed by atoms with Crippen molar-refractivity contribution in [2.75, 3.05) is 19.5 Å². The third-order valence-electron chi connectivity index (χ3n) is 2.64. The van der Waals surface area contributed by atoms with Crippen molar-refractivity contribution in [2.24, 2.45) is 0 Å². The van der Waals surface area contributed by atoms with Gasteiger partial charge in [0.25, 0.3) is 0 Å². The summed E-state index contributed by atoms with van der Waals surface area (Å²) < 4.78 is 10.7. The van der Waals surface area contributed by atoms with Gasteiger partial charge in [-0.05, 0) is 32.9 Å². The summed E-state index contributed by atoms with van der Waals surface area (Å²) in [6.07, 6.45) is 1.53. The van der Waals surface area contributed by atoms with E-state index in [1.54, 1.807) is 14.2 Å². The van der Waals surface area contributed by atoms with Crippen LogP contribution in [0.5, 0.6) is 11.5 Å². The Labute approximate surface area is 113 Å². The number of nitrogens with zero attached hydrogens (tertiary/aromatic N) is 2. The van der Waals surface area contributed by atoms with Gasteiger partial charge in [-0.25, -0.2) is 9.97 Å². The largest absolute Gasteiger partial charge is 0.493 e. The van der Waals surface area contributed by atoms with Crippen LogP contribution in [-0.4, -0.2) is 29.7 Å². The van der Waals surface area contributed by atoms with Crippen LogP contribution in [0, 0.1) is 0 Å². The van der Waals surface area contributed by atoms with Gasteiger partial charge in [0.1, 0.15) is 17.7 Å². The number of hydrogen-bond donors (Lipinski definition) is 1. The van der Waals surface area contributed by atoms with Crippen molar-refractivity contribution in [1.82, 2.24) is 9.97 Å². The first kappa shape index (κ1) is 13.4. The molecule has 0 unspecified atom stereocenters. The molecule has 1 aromatic carbocycles. The van der Waals surface area contributed by atoms with E-state index in [1.165, 1.54) is 6.33 Å². The predicted octanol–water partition coefficient (Wildman–Crippen LogP) is 2.86. The SMILES string of the molecule is COc1ccc2c(NC(C)(C)C)ncnc2c1OC. The highest BCUT2D eigenvalue weighted by Crippen LogP contribution is 2.36. The second kappa shape index (κ2) is 4.91. The van der Waals surface area contributed by atoms with Crippen LogP contribution in [0.2, 0.25) is 0 Å². The van der Waals surface area contributed by atoms with Crippen LogP contribution in [0.3, 0.4) is 0 Å². The molecule has 0 radical (unpaired) electrons. The van der Waals surface area contributed by atoms with Gasteiger partial charge in [0.15, 0.2) is 11.5 Å². The van der Waals surface area contributed by atoms with Crippen molar-refractivity contribution >= 4 is 16.7 Å². The minimum Gasteiger partial charge on any atom is -0.493 e. The van der Waals surface area contributed by atoms with E-state index >= 15 is 0 Å². The first-order chi connectivity index (χ1) is 8.96. The fourth-order valence-electron chi connectivity index (χ4n) is 1.90. The van der Waals surface area contributed by atoms with Crippen molar-refractivity contribution in [1.29, 1.82) is 0 Å². The van der Waals surface area contributed by atoms with Crippen LogP contribution in [0.4, 0.5) is 5.82 Å². The van der Waals surface area contributed by atoms with Crippen LogP contribution >= 0.6 is 0 Å². The van der Waals surface area contributed by atoms with E-state index in [1.807, 2.05) is 12.1 Å². The van der Waals surface area contributed by atoms with Gasteiger partial charge in [0.2, 0.25) is 0 Å². The monoisotopic (exact) mass is 261 g/mol. The lowest BCUT2D eigenvalue weighted by Gasteiger charge is -2.22. The summed E-state index contributed by atoms with van der Waals surface area (Å²) >= 11 is 0. The van der Waals surface area contributed by atoms with E-state index in [2.05, 4.69) is 36.1 Å². The minimum absolute atomic E-state index is 0.0750. The van der Waals surface area contributed by atoms with Crippen molar-refractivity contribution < 1.29 is 9.47 Å². The molecule has 2 rings (SSSR count). The van der Waals surface area contributed by atoms with Crippen molar-refractivity contribution in [3.8, 4) is 11.5 Å². The molecule has 102 valence electrons. The van der Waals surface area contributed by atoms with Gasteiger partial charge in [-0.15, -0.1) is 0 Å². The zero-order chi connectivity index (χ0) is 14.0. The molecule has 0 spiro atoms. The standard InChI is InChI=1S/C14H19N3O2/c1-14(2,3)17-13-9-6-7-10(18-4)12(19-5)11(9)15-8-16-13/h6-8H,1-5H3,(H,15,16,17). The first-order valence-corrected chi connectivity index (χ1v) is 6.10. The summed E-state index contributed by atoms with van der Waals surface area (Å²) in [7, 11) is 3.22. The summed E-state index contributed by atoms with van der Waals surface area (Å²) in [6.45, 7) is 6.26. The number of aromatic nitrogens is 2. The average Bonchev–Trinajstić information content (AvgIpc) is 2.35. The second-order valence-corrected chi connectivity index (χ2v) is 5.29. The Balaban J connectivity index is 2.64. The van der Waals surface area contributed by atoms with E-state index in [-0.39, 0.29) is 5.54 Å². The summed E-state index contributed by atoms with van der Waals surface area (Å²) in [5, 5.41) is 4.28. The number of ether oxygens (including phenoxy) is 2. The van der Waals surface area contributed by atoms with Crippen LogP contribution < -0.4 is 14.8 Å². The van der Waals surface area contributed by atoms with E-state index < -0.39 is 0 Å². The average molecular weight is 261 g/mol. The molecule has 0 atom stereocenters. The Morgan fingerprint density at radius 3 is 2.37 bits per heavy atom.